The van der Waals surface area contributed by atoms with Crippen molar-refractivity contribution in [2.24, 2.45) is 0 Å². The number of carbonyl (C=O) groups is 1. The lowest BCUT2D eigenvalue weighted by Crippen LogP contribution is -2.36. The van der Waals surface area contributed by atoms with Gasteiger partial charge in [-0.3, -0.25) is 9.59 Å². The molecular formula is C28H31NO5. The van der Waals surface area contributed by atoms with Crippen molar-refractivity contribution in [3.8, 4) is 5.75 Å². The molecule has 2 aliphatic rings. The van der Waals surface area contributed by atoms with Crippen LogP contribution in [-0.2, 0) is 4.74 Å². The summed E-state index contributed by atoms with van der Waals surface area (Å²) in [4.78, 5) is 28.9. The van der Waals surface area contributed by atoms with Crippen LogP contribution in [0.2, 0.25) is 0 Å². The van der Waals surface area contributed by atoms with Gasteiger partial charge in [-0.1, -0.05) is 43.5 Å². The van der Waals surface area contributed by atoms with Crippen molar-refractivity contribution in [3.05, 3.63) is 75.1 Å². The van der Waals surface area contributed by atoms with Crippen molar-refractivity contribution in [3.63, 3.8) is 0 Å². The Hall–Kier alpha value is -3.12. The average molecular weight is 462 g/mol. The molecule has 1 amide bonds. The maximum Gasteiger partial charge on any atom is 0.291 e. The molecule has 5 rings (SSSR count). The van der Waals surface area contributed by atoms with Gasteiger partial charge in [0.2, 0.25) is 5.76 Å². The summed E-state index contributed by atoms with van der Waals surface area (Å²) in [7, 11) is 0. The van der Waals surface area contributed by atoms with E-state index in [0.29, 0.717) is 36.3 Å². The van der Waals surface area contributed by atoms with E-state index in [2.05, 4.69) is 6.92 Å². The van der Waals surface area contributed by atoms with E-state index in [-0.39, 0.29) is 23.2 Å². The lowest BCUT2D eigenvalue weighted by molar-refractivity contribution is 0.0486. The monoisotopic (exact) mass is 461 g/mol. The van der Waals surface area contributed by atoms with Crippen molar-refractivity contribution < 1.29 is 18.7 Å². The first-order valence-electron chi connectivity index (χ1n) is 12.3. The smallest absolute Gasteiger partial charge is 0.291 e. The highest BCUT2D eigenvalue weighted by Gasteiger charge is 2.43. The Morgan fingerprint density at radius 2 is 1.91 bits per heavy atom. The molecule has 178 valence electrons. The summed E-state index contributed by atoms with van der Waals surface area (Å²) in [5, 5.41) is 0.506. The molecule has 0 aliphatic carbocycles. The zero-order chi connectivity index (χ0) is 23.7. The highest BCUT2D eigenvalue weighted by Crippen LogP contribution is 2.39. The molecule has 2 atom stereocenters. The molecule has 6 heteroatoms. The Bertz CT molecular complexity index is 1240. The van der Waals surface area contributed by atoms with E-state index < -0.39 is 6.04 Å². The van der Waals surface area contributed by atoms with Crippen molar-refractivity contribution in [2.75, 3.05) is 19.8 Å². The first kappa shape index (κ1) is 22.7. The summed E-state index contributed by atoms with van der Waals surface area (Å²) in [6.45, 7) is 5.92. The van der Waals surface area contributed by atoms with Crippen molar-refractivity contribution in [2.45, 2.75) is 58.1 Å². The maximum atomic E-state index is 13.7. The summed E-state index contributed by atoms with van der Waals surface area (Å²) in [6, 6.07) is 12.7. The molecule has 3 heterocycles. The molecule has 2 unspecified atom stereocenters. The van der Waals surface area contributed by atoms with Gasteiger partial charge in [0, 0.05) is 13.2 Å². The largest absolute Gasteiger partial charge is 0.494 e. The standard InChI is InChI=1S/C28H31NO5/c1-3-4-5-14-32-20-11-9-19(10-12-20)25-24-26(30)22-16-18(2)8-13-23(22)34-27(24)28(31)29(25)17-21-7-6-15-33-21/h8-13,16,21,25H,3-7,14-15,17H2,1-2H3. The zero-order valence-electron chi connectivity index (χ0n) is 19.8. The molecule has 1 aromatic heterocycles. The second-order valence-electron chi connectivity index (χ2n) is 9.29. The van der Waals surface area contributed by atoms with E-state index in [1.807, 2.05) is 43.3 Å². The summed E-state index contributed by atoms with van der Waals surface area (Å²) in [6.07, 6.45) is 5.16. The minimum absolute atomic E-state index is 0.0336. The number of unbranched alkanes of at least 4 members (excludes halogenated alkanes) is 2. The molecule has 6 nitrogen and oxygen atoms in total. The number of carbonyl (C=O) groups excluding carboxylic acids is 1. The molecule has 0 saturated carbocycles. The molecule has 2 aromatic carbocycles. The average Bonchev–Trinajstić information content (AvgIpc) is 3.45. The topological polar surface area (TPSA) is 69.0 Å². The first-order valence-corrected chi connectivity index (χ1v) is 12.3. The summed E-state index contributed by atoms with van der Waals surface area (Å²) in [5.41, 5.74) is 2.55. The third-order valence-electron chi connectivity index (χ3n) is 6.76. The van der Waals surface area contributed by atoms with Crippen LogP contribution in [0.1, 0.15) is 72.3 Å². The highest BCUT2D eigenvalue weighted by atomic mass is 16.5. The van der Waals surface area contributed by atoms with Gasteiger partial charge in [0.1, 0.15) is 11.3 Å². The molecule has 1 fully saturated rings. The van der Waals surface area contributed by atoms with Crippen LogP contribution in [0.15, 0.2) is 51.7 Å². The van der Waals surface area contributed by atoms with Gasteiger partial charge < -0.3 is 18.8 Å². The molecule has 0 N–H and O–H groups in total. The van der Waals surface area contributed by atoms with Crippen LogP contribution in [0, 0.1) is 6.92 Å². The lowest BCUT2D eigenvalue weighted by Gasteiger charge is -2.27. The van der Waals surface area contributed by atoms with Crippen LogP contribution in [0.25, 0.3) is 11.0 Å². The van der Waals surface area contributed by atoms with E-state index in [0.717, 1.165) is 49.0 Å². The predicted molar refractivity (Wildman–Crippen MR) is 131 cm³/mol. The molecule has 0 radical (unpaired) electrons. The van der Waals surface area contributed by atoms with Gasteiger partial charge in [-0.2, -0.15) is 0 Å². The van der Waals surface area contributed by atoms with E-state index in [4.69, 9.17) is 13.9 Å². The second kappa shape index (κ2) is 9.63. The molecule has 0 bridgehead atoms. The minimum atomic E-state index is -0.512. The van der Waals surface area contributed by atoms with E-state index in [1.165, 1.54) is 0 Å². The Morgan fingerprint density at radius 3 is 2.65 bits per heavy atom. The Labute approximate surface area is 199 Å². The van der Waals surface area contributed by atoms with Crippen LogP contribution >= 0.6 is 0 Å². The number of rotatable bonds is 8. The molecule has 1 saturated heterocycles. The van der Waals surface area contributed by atoms with E-state index in [9.17, 15) is 9.59 Å². The molecule has 34 heavy (non-hydrogen) atoms. The number of amides is 1. The van der Waals surface area contributed by atoms with Gasteiger partial charge in [0.15, 0.2) is 5.43 Å². The normalized spacial score (nSPS) is 19.7. The zero-order valence-corrected chi connectivity index (χ0v) is 19.8. The van der Waals surface area contributed by atoms with Gasteiger partial charge in [0.25, 0.3) is 5.91 Å². The molecule has 0 spiro atoms. The summed E-state index contributed by atoms with van der Waals surface area (Å²) >= 11 is 0. The number of nitrogens with zero attached hydrogens (tertiary/aromatic N) is 1. The number of aryl methyl sites for hydroxylation is 1. The van der Waals surface area contributed by atoms with Crippen LogP contribution in [0.5, 0.6) is 5.75 Å². The van der Waals surface area contributed by atoms with E-state index in [1.54, 1.807) is 11.0 Å². The fourth-order valence-corrected chi connectivity index (χ4v) is 4.97. The van der Waals surface area contributed by atoms with Crippen LogP contribution in [0.3, 0.4) is 0 Å². The van der Waals surface area contributed by atoms with Crippen molar-refractivity contribution >= 4 is 16.9 Å². The second-order valence-corrected chi connectivity index (χ2v) is 9.29. The van der Waals surface area contributed by atoms with Crippen molar-refractivity contribution in [1.29, 1.82) is 0 Å². The number of fused-ring (bicyclic) bond motifs is 2. The first-order chi connectivity index (χ1) is 16.6. The Kier molecular flexibility index (Phi) is 6.42. The Balaban J connectivity index is 1.54. The van der Waals surface area contributed by atoms with Crippen LogP contribution in [0.4, 0.5) is 0 Å². The van der Waals surface area contributed by atoms with Crippen molar-refractivity contribution in [1.82, 2.24) is 4.90 Å². The van der Waals surface area contributed by atoms with Gasteiger partial charge in [0.05, 0.1) is 29.7 Å². The molecule has 2 aliphatic heterocycles. The fourth-order valence-electron chi connectivity index (χ4n) is 4.97. The Morgan fingerprint density at radius 1 is 1.09 bits per heavy atom. The highest BCUT2D eigenvalue weighted by molar-refractivity contribution is 5.99. The number of hydrogen-bond donors (Lipinski definition) is 0. The number of ether oxygens (including phenoxy) is 2. The van der Waals surface area contributed by atoms with Crippen LogP contribution in [-0.4, -0.2) is 36.7 Å². The summed E-state index contributed by atoms with van der Waals surface area (Å²) < 4.78 is 17.7. The summed E-state index contributed by atoms with van der Waals surface area (Å²) in [5.74, 6) is 0.676. The maximum absolute atomic E-state index is 13.7. The third-order valence-corrected chi connectivity index (χ3v) is 6.76. The number of hydrogen-bond acceptors (Lipinski definition) is 5. The van der Waals surface area contributed by atoms with Gasteiger partial charge in [-0.25, -0.2) is 0 Å². The molecular weight excluding hydrogens is 430 g/mol. The van der Waals surface area contributed by atoms with Gasteiger partial charge in [-0.15, -0.1) is 0 Å². The van der Waals surface area contributed by atoms with Gasteiger partial charge in [-0.05, 0) is 56.0 Å². The number of benzene rings is 2. The SMILES string of the molecule is CCCCCOc1ccc(C2c3c(oc4ccc(C)cc4c3=O)C(=O)N2CC2CCCO2)cc1. The lowest BCUT2D eigenvalue weighted by atomic mass is 9.98. The quantitative estimate of drug-likeness (QED) is 0.421. The fraction of sp³-hybridized carbons (Fsp3) is 0.429. The van der Waals surface area contributed by atoms with Crippen LogP contribution < -0.4 is 10.2 Å². The third kappa shape index (κ3) is 4.23. The van der Waals surface area contributed by atoms with Gasteiger partial charge >= 0.3 is 0 Å². The van der Waals surface area contributed by atoms with E-state index >= 15 is 0 Å². The molecule has 3 aromatic rings. The predicted octanol–water partition coefficient (Wildman–Crippen LogP) is 5.39. The minimum Gasteiger partial charge on any atom is -0.494 e.